The van der Waals surface area contributed by atoms with E-state index in [1.807, 2.05) is 0 Å². The first-order valence-corrected chi connectivity index (χ1v) is 10.5. The first kappa shape index (κ1) is 23.7. The Morgan fingerprint density at radius 3 is 2.69 bits per heavy atom. The van der Waals surface area contributed by atoms with Crippen LogP contribution in [-0.4, -0.2) is 32.3 Å². The van der Waals surface area contributed by atoms with Gasteiger partial charge in [0, 0.05) is 17.9 Å². The van der Waals surface area contributed by atoms with E-state index in [1.165, 1.54) is 12.3 Å². The third kappa shape index (κ3) is 6.26. The first-order valence-electron chi connectivity index (χ1n) is 9.15. The SMILES string of the molecule is NC(=O)CCc1nnc(SCC(=O)Nc2ccc(Cl)cc2C(F)(F)F)n1Cc1ccco1. The van der Waals surface area contributed by atoms with Crippen LogP contribution in [0.15, 0.2) is 46.2 Å². The molecule has 170 valence electrons. The Morgan fingerprint density at radius 1 is 1.25 bits per heavy atom. The summed E-state index contributed by atoms with van der Waals surface area (Å²) in [5.41, 5.74) is 3.76. The van der Waals surface area contributed by atoms with E-state index in [2.05, 4.69) is 15.5 Å². The number of anilines is 1. The second-order valence-corrected chi connectivity index (χ2v) is 7.93. The van der Waals surface area contributed by atoms with Crippen LogP contribution in [0.2, 0.25) is 5.02 Å². The molecule has 0 saturated heterocycles. The number of furan rings is 1. The maximum absolute atomic E-state index is 13.2. The summed E-state index contributed by atoms with van der Waals surface area (Å²) in [6.07, 6.45) is -2.90. The average Bonchev–Trinajstić information content (AvgIpc) is 3.36. The van der Waals surface area contributed by atoms with Crippen LogP contribution in [0.5, 0.6) is 0 Å². The Kier molecular flexibility index (Phi) is 7.46. The van der Waals surface area contributed by atoms with Gasteiger partial charge >= 0.3 is 6.18 Å². The van der Waals surface area contributed by atoms with Gasteiger partial charge in [-0.3, -0.25) is 14.2 Å². The van der Waals surface area contributed by atoms with Crippen molar-refractivity contribution >= 4 is 40.9 Å². The maximum atomic E-state index is 13.2. The summed E-state index contributed by atoms with van der Waals surface area (Å²) in [7, 11) is 0. The molecule has 1 aromatic carbocycles. The van der Waals surface area contributed by atoms with Crippen LogP contribution in [0.25, 0.3) is 0 Å². The fourth-order valence-electron chi connectivity index (χ4n) is 2.74. The lowest BCUT2D eigenvalue weighted by Gasteiger charge is -2.14. The molecule has 3 N–H and O–H groups in total. The van der Waals surface area contributed by atoms with Gasteiger partial charge in [-0.15, -0.1) is 10.2 Å². The number of hydrogen-bond acceptors (Lipinski definition) is 6. The molecule has 0 fully saturated rings. The minimum absolute atomic E-state index is 0.0538. The largest absolute Gasteiger partial charge is 0.467 e. The predicted molar refractivity (Wildman–Crippen MR) is 111 cm³/mol. The summed E-state index contributed by atoms with van der Waals surface area (Å²) in [6.45, 7) is 0.244. The minimum Gasteiger partial charge on any atom is -0.467 e. The van der Waals surface area contributed by atoms with Crippen molar-refractivity contribution in [3.63, 3.8) is 0 Å². The Balaban J connectivity index is 1.72. The van der Waals surface area contributed by atoms with E-state index < -0.39 is 29.2 Å². The summed E-state index contributed by atoms with van der Waals surface area (Å²) in [6, 6.07) is 6.53. The van der Waals surface area contributed by atoms with Crippen LogP contribution < -0.4 is 11.1 Å². The van der Waals surface area contributed by atoms with Gasteiger partial charge in [0.25, 0.3) is 0 Å². The van der Waals surface area contributed by atoms with E-state index >= 15 is 0 Å². The molecule has 0 atom stereocenters. The van der Waals surface area contributed by atoms with E-state index in [0.717, 1.165) is 23.9 Å². The van der Waals surface area contributed by atoms with Gasteiger partial charge in [0.1, 0.15) is 11.6 Å². The third-order valence-corrected chi connectivity index (χ3v) is 5.38. The molecule has 0 bridgehead atoms. The van der Waals surface area contributed by atoms with Crippen molar-refractivity contribution in [1.82, 2.24) is 14.8 Å². The summed E-state index contributed by atoms with van der Waals surface area (Å²) >= 11 is 6.63. The zero-order valence-electron chi connectivity index (χ0n) is 16.4. The summed E-state index contributed by atoms with van der Waals surface area (Å²) in [4.78, 5) is 23.4. The van der Waals surface area contributed by atoms with E-state index in [-0.39, 0.29) is 30.2 Å². The molecule has 8 nitrogen and oxygen atoms in total. The fourth-order valence-corrected chi connectivity index (χ4v) is 3.67. The molecule has 0 saturated carbocycles. The molecule has 2 amide bonds. The van der Waals surface area contributed by atoms with Gasteiger partial charge in [0.15, 0.2) is 5.16 Å². The van der Waals surface area contributed by atoms with Gasteiger partial charge in [0.05, 0.1) is 29.8 Å². The van der Waals surface area contributed by atoms with Crippen LogP contribution in [0.4, 0.5) is 18.9 Å². The van der Waals surface area contributed by atoms with Gasteiger partial charge in [-0.1, -0.05) is 23.4 Å². The Labute approximate surface area is 189 Å². The van der Waals surface area contributed by atoms with Crippen molar-refractivity contribution in [2.75, 3.05) is 11.1 Å². The zero-order chi connectivity index (χ0) is 23.3. The Bertz CT molecular complexity index is 1100. The molecule has 0 unspecified atom stereocenters. The van der Waals surface area contributed by atoms with Crippen molar-refractivity contribution in [3.05, 3.63) is 58.8 Å². The van der Waals surface area contributed by atoms with Crippen LogP contribution in [0.3, 0.4) is 0 Å². The molecule has 3 aromatic rings. The third-order valence-electron chi connectivity index (χ3n) is 4.18. The molecule has 0 aliphatic rings. The number of aryl methyl sites for hydroxylation is 1. The van der Waals surface area contributed by atoms with E-state index in [0.29, 0.717) is 16.7 Å². The number of carbonyl (C=O) groups is 2. The standard InChI is InChI=1S/C19H17ClF3N5O3S/c20-11-3-4-14(13(8-11)19(21,22)23)25-17(30)10-32-18-27-26-16(6-5-15(24)29)28(18)9-12-2-1-7-31-12/h1-4,7-8H,5-6,9-10H2,(H2,24,29)(H,25,30). The Hall–Kier alpha value is -2.99. The van der Waals surface area contributed by atoms with Crippen LogP contribution >= 0.6 is 23.4 Å². The van der Waals surface area contributed by atoms with E-state index in [4.69, 9.17) is 21.8 Å². The number of alkyl halides is 3. The molecule has 32 heavy (non-hydrogen) atoms. The first-order chi connectivity index (χ1) is 15.1. The number of amides is 2. The number of nitrogens with zero attached hydrogens (tertiary/aromatic N) is 3. The normalized spacial score (nSPS) is 11.5. The molecule has 0 radical (unpaired) electrons. The molecule has 2 aromatic heterocycles. The number of carbonyl (C=O) groups excluding carboxylic acids is 2. The van der Waals surface area contributed by atoms with Crippen molar-refractivity contribution in [1.29, 1.82) is 0 Å². The lowest BCUT2D eigenvalue weighted by atomic mass is 10.1. The maximum Gasteiger partial charge on any atom is 0.418 e. The van der Waals surface area contributed by atoms with Crippen molar-refractivity contribution in [3.8, 4) is 0 Å². The van der Waals surface area contributed by atoms with E-state index in [1.54, 1.807) is 16.7 Å². The van der Waals surface area contributed by atoms with Crippen LogP contribution in [0, 0.1) is 0 Å². The molecule has 3 rings (SSSR count). The fraction of sp³-hybridized carbons (Fsp3) is 0.263. The minimum atomic E-state index is -4.68. The predicted octanol–water partition coefficient (Wildman–Crippen LogP) is 3.74. The average molecular weight is 488 g/mol. The van der Waals surface area contributed by atoms with Crippen LogP contribution in [0.1, 0.15) is 23.6 Å². The number of nitrogens with one attached hydrogen (secondary N) is 1. The zero-order valence-corrected chi connectivity index (χ0v) is 17.9. The molecular weight excluding hydrogens is 471 g/mol. The highest BCUT2D eigenvalue weighted by molar-refractivity contribution is 7.99. The number of benzene rings is 1. The monoisotopic (exact) mass is 487 g/mol. The lowest BCUT2D eigenvalue weighted by Crippen LogP contribution is -2.18. The number of primary amides is 1. The number of aromatic nitrogens is 3. The van der Waals surface area contributed by atoms with Crippen molar-refractivity contribution in [2.24, 2.45) is 5.73 Å². The molecule has 0 aliphatic carbocycles. The number of nitrogens with two attached hydrogens (primary N) is 1. The highest BCUT2D eigenvalue weighted by Crippen LogP contribution is 2.36. The number of thioether (sulfide) groups is 1. The Morgan fingerprint density at radius 2 is 2.03 bits per heavy atom. The van der Waals surface area contributed by atoms with Gasteiger partial charge in [-0.05, 0) is 30.3 Å². The van der Waals surface area contributed by atoms with Gasteiger partial charge in [-0.25, -0.2) is 0 Å². The summed E-state index contributed by atoms with van der Waals surface area (Å²) in [5.74, 6) is -0.359. The molecule has 2 heterocycles. The molecule has 0 aliphatic heterocycles. The topological polar surface area (TPSA) is 116 Å². The lowest BCUT2D eigenvalue weighted by molar-refractivity contribution is -0.137. The quantitative estimate of drug-likeness (QED) is 0.444. The van der Waals surface area contributed by atoms with Crippen molar-refractivity contribution < 1.29 is 27.2 Å². The summed E-state index contributed by atoms with van der Waals surface area (Å²) < 4.78 is 46.6. The highest BCUT2D eigenvalue weighted by atomic mass is 35.5. The summed E-state index contributed by atoms with van der Waals surface area (Å²) in [5, 5.41) is 10.6. The van der Waals surface area contributed by atoms with Crippen LogP contribution in [-0.2, 0) is 28.7 Å². The molecule has 13 heteroatoms. The second-order valence-electron chi connectivity index (χ2n) is 6.56. The van der Waals surface area contributed by atoms with E-state index in [9.17, 15) is 22.8 Å². The number of rotatable bonds is 9. The number of hydrogen-bond donors (Lipinski definition) is 2. The molecular formula is C19H17ClF3N5O3S. The van der Waals surface area contributed by atoms with Gasteiger partial charge < -0.3 is 15.5 Å². The molecule has 0 spiro atoms. The second kappa shape index (κ2) is 10.1. The smallest absolute Gasteiger partial charge is 0.418 e. The number of halogens is 4. The highest BCUT2D eigenvalue weighted by Gasteiger charge is 2.34. The van der Waals surface area contributed by atoms with Crippen molar-refractivity contribution in [2.45, 2.75) is 30.7 Å². The van der Waals surface area contributed by atoms with Gasteiger partial charge in [0.2, 0.25) is 11.8 Å². The van der Waals surface area contributed by atoms with Gasteiger partial charge in [-0.2, -0.15) is 13.2 Å².